The normalized spacial score (nSPS) is 10.5. The van der Waals surface area contributed by atoms with E-state index in [0.717, 1.165) is 9.79 Å². The molecule has 0 bridgehead atoms. The van der Waals surface area contributed by atoms with Gasteiger partial charge in [-0.25, -0.2) is 0 Å². The molecule has 0 unspecified atom stereocenters. The first-order valence-corrected chi connectivity index (χ1v) is 11.0. The van der Waals surface area contributed by atoms with Gasteiger partial charge in [0.1, 0.15) is 11.5 Å². The van der Waals surface area contributed by atoms with E-state index in [2.05, 4.69) is 0 Å². The Morgan fingerprint density at radius 3 is 1.39 bits per heavy atom. The maximum atomic E-state index is 5.94. The van der Waals surface area contributed by atoms with E-state index in [9.17, 15) is 0 Å². The van der Waals surface area contributed by atoms with Crippen LogP contribution in [0.25, 0.3) is 0 Å². The molecule has 0 heterocycles. The molecule has 0 amide bonds. The maximum absolute atomic E-state index is 5.94. The van der Waals surface area contributed by atoms with Gasteiger partial charge in [0.25, 0.3) is 0 Å². The molecule has 4 rings (SSSR count). The second-order valence-electron chi connectivity index (χ2n) is 7.08. The zero-order chi connectivity index (χ0) is 23.2. The Hall–Kier alpha value is -3.97. The molecule has 4 aromatic rings. The second kappa shape index (κ2) is 10.1. The van der Waals surface area contributed by atoms with Gasteiger partial charge in [-0.05, 0) is 60.7 Å². The number of nitrogens with two attached hydrogens (primary N) is 2. The zero-order valence-corrected chi connectivity index (χ0v) is 19.1. The summed E-state index contributed by atoms with van der Waals surface area (Å²) in [4.78, 5) is 1.97. The Balaban J connectivity index is 1.52. The van der Waals surface area contributed by atoms with Crippen LogP contribution in [0.4, 0.5) is 11.4 Å². The summed E-state index contributed by atoms with van der Waals surface area (Å²) in [6.45, 7) is 0. The third kappa shape index (κ3) is 5.64. The summed E-state index contributed by atoms with van der Waals surface area (Å²) in [5, 5.41) is 0. The van der Waals surface area contributed by atoms with Crippen LogP contribution in [0.1, 0.15) is 0 Å². The molecule has 0 saturated heterocycles. The number of ether oxygens (including phenoxy) is 4. The Morgan fingerprint density at radius 1 is 0.545 bits per heavy atom. The fourth-order valence-corrected chi connectivity index (χ4v) is 4.01. The smallest absolute Gasteiger partial charge is 0.169 e. The van der Waals surface area contributed by atoms with Gasteiger partial charge >= 0.3 is 0 Å². The lowest BCUT2D eigenvalue weighted by molar-refractivity contribution is 0.377. The highest BCUT2D eigenvalue weighted by Crippen LogP contribution is 2.40. The van der Waals surface area contributed by atoms with E-state index in [1.54, 1.807) is 38.1 Å². The van der Waals surface area contributed by atoms with Crippen LogP contribution < -0.4 is 30.4 Å². The zero-order valence-electron chi connectivity index (χ0n) is 18.3. The molecule has 6 nitrogen and oxygen atoms in total. The van der Waals surface area contributed by atoms with Crippen molar-refractivity contribution in [2.45, 2.75) is 9.79 Å². The lowest BCUT2D eigenvalue weighted by Gasteiger charge is -2.14. The van der Waals surface area contributed by atoms with Crippen LogP contribution in [0, 0.1) is 0 Å². The van der Waals surface area contributed by atoms with Crippen molar-refractivity contribution in [2.75, 3.05) is 25.7 Å². The minimum absolute atomic E-state index is 0.607. The van der Waals surface area contributed by atoms with Gasteiger partial charge in [-0.2, -0.15) is 0 Å². The van der Waals surface area contributed by atoms with Crippen molar-refractivity contribution in [3.8, 4) is 34.5 Å². The fourth-order valence-electron chi connectivity index (χ4n) is 3.14. The highest BCUT2D eigenvalue weighted by Gasteiger charge is 2.11. The van der Waals surface area contributed by atoms with Gasteiger partial charge in [-0.1, -0.05) is 23.9 Å². The highest BCUT2D eigenvalue weighted by atomic mass is 32.2. The molecule has 0 radical (unpaired) electrons. The summed E-state index contributed by atoms with van der Waals surface area (Å²) < 4.78 is 23.0. The van der Waals surface area contributed by atoms with Gasteiger partial charge in [0.05, 0.1) is 14.2 Å². The van der Waals surface area contributed by atoms with Crippen LogP contribution in [-0.2, 0) is 0 Å². The predicted octanol–water partition coefficient (Wildman–Crippen LogP) is 6.60. The summed E-state index contributed by atoms with van der Waals surface area (Å²) >= 11 is 1.57. The van der Waals surface area contributed by atoms with Crippen LogP contribution in [0.5, 0.6) is 34.5 Å². The van der Waals surface area contributed by atoms with Crippen molar-refractivity contribution < 1.29 is 18.9 Å². The molecule has 0 spiro atoms. The van der Waals surface area contributed by atoms with Crippen molar-refractivity contribution in [3.05, 3.63) is 84.9 Å². The molecule has 0 atom stereocenters. The third-order valence-electron chi connectivity index (χ3n) is 4.68. The van der Waals surface area contributed by atoms with Crippen molar-refractivity contribution >= 4 is 23.1 Å². The number of benzene rings is 4. The average Bonchev–Trinajstić information content (AvgIpc) is 2.81. The molecule has 0 aliphatic rings. The molecule has 0 aliphatic heterocycles. The van der Waals surface area contributed by atoms with Crippen LogP contribution in [0.2, 0.25) is 0 Å². The van der Waals surface area contributed by atoms with E-state index < -0.39 is 0 Å². The van der Waals surface area contributed by atoms with Gasteiger partial charge in [0.2, 0.25) is 0 Å². The van der Waals surface area contributed by atoms with Crippen molar-refractivity contribution in [3.63, 3.8) is 0 Å². The van der Waals surface area contributed by atoms with Crippen LogP contribution in [0.3, 0.4) is 0 Å². The SMILES string of the molecule is COc1cc(Sc2ccc(Oc3cccc(N)c3)c(OC)c2)ccc1Oc1cccc(N)c1. The first-order chi connectivity index (χ1) is 16.0. The van der Waals surface area contributed by atoms with Crippen LogP contribution in [-0.4, -0.2) is 14.2 Å². The van der Waals surface area contributed by atoms with Crippen LogP contribution in [0.15, 0.2) is 94.7 Å². The Labute approximate surface area is 197 Å². The lowest BCUT2D eigenvalue weighted by Crippen LogP contribution is -1.93. The lowest BCUT2D eigenvalue weighted by atomic mass is 10.3. The van der Waals surface area contributed by atoms with Crippen molar-refractivity contribution in [1.82, 2.24) is 0 Å². The molecule has 0 aliphatic carbocycles. The Morgan fingerprint density at radius 2 is 1.00 bits per heavy atom. The monoisotopic (exact) mass is 460 g/mol. The molecular weight excluding hydrogens is 436 g/mol. The van der Waals surface area contributed by atoms with E-state index in [0.29, 0.717) is 45.9 Å². The number of hydrogen-bond acceptors (Lipinski definition) is 7. The molecule has 0 aromatic heterocycles. The Kier molecular flexibility index (Phi) is 6.80. The Bertz CT molecular complexity index is 1170. The number of nitrogen functional groups attached to an aromatic ring is 2. The largest absolute Gasteiger partial charge is 0.493 e. The summed E-state index contributed by atoms with van der Waals surface area (Å²) in [5.74, 6) is 3.75. The predicted molar refractivity (Wildman–Crippen MR) is 132 cm³/mol. The summed E-state index contributed by atoms with van der Waals surface area (Å²) in [7, 11) is 3.23. The molecule has 7 heteroatoms. The average molecular weight is 461 g/mol. The third-order valence-corrected chi connectivity index (χ3v) is 5.66. The van der Waals surface area contributed by atoms with E-state index in [1.165, 1.54) is 0 Å². The quantitative estimate of drug-likeness (QED) is 0.286. The standard InChI is InChI=1S/C26H24N2O4S/c1-29-25-15-21(9-11-23(25)31-19-7-3-5-17(27)13-19)33-22-10-12-24(26(16-22)30-2)32-20-8-4-6-18(28)14-20/h3-16H,27-28H2,1-2H3. The van der Waals surface area contributed by atoms with Crippen LogP contribution >= 0.6 is 11.8 Å². The first-order valence-electron chi connectivity index (χ1n) is 10.1. The minimum atomic E-state index is 0.607. The fraction of sp³-hybridized carbons (Fsp3) is 0.0769. The van der Waals surface area contributed by atoms with E-state index in [4.69, 9.17) is 30.4 Å². The van der Waals surface area contributed by atoms with Gasteiger partial charge in [0, 0.05) is 33.3 Å². The molecule has 4 N–H and O–H groups in total. The number of anilines is 2. The van der Waals surface area contributed by atoms with E-state index in [-0.39, 0.29) is 0 Å². The molecule has 0 saturated carbocycles. The van der Waals surface area contributed by atoms with Crippen molar-refractivity contribution in [1.29, 1.82) is 0 Å². The summed E-state index contributed by atoms with van der Waals surface area (Å²) in [5.41, 5.74) is 12.9. The number of methoxy groups -OCH3 is 2. The van der Waals surface area contributed by atoms with E-state index in [1.807, 2.05) is 72.8 Å². The maximum Gasteiger partial charge on any atom is 0.169 e. The number of rotatable bonds is 8. The highest BCUT2D eigenvalue weighted by molar-refractivity contribution is 7.99. The first kappa shape index (κ1) is 22.2. The molecular formula is C26H24N2O4S. The molecule has 33 heavy (non-hydrogen) atoms. The number of hydrogen-bond donors (Lipinski definition) is 2. The summed E-state index contributed by atoms with van der Waals surface area (Å²) in [6, 6.07) is 26.1. The second-order valence-corrected chi connectivity index (χ2v) is 8.22. The van der Waals surface area contributed by atoms with Gasteiger partial charge in [-0.3, -0.25) is 0 Å². The topological polar surface area (TPSA) is 89.0 Å². The van der Waals surface area contributed by atoms with Gasteiger partial charge in [-0.15, -0.1) is 0 Å². The van der Waals surface area contributed by atoms with E-state index >= 15 is 0 Å². The molecule has 0 fully saturated rings. The van der Waals surface area contributed by atoms with Gasteiger partial charge < -0.3 is 30.4 Å². The van der Waals surface area contributed by atoms with Crippen molar-refractivity contribution in [2.24, 2.45) is 0 Å². The summed E-state index contributed by atoms with van der Waals surface area (Å²) in [6.07, 6.45) is 0. The molecule has 168 valence electrons. The minimum Gasteiger partial charge on any atom is -0.493 e. The van der Waals surface area contributed by atoms with Gasteiger partial charge in [0.15, 0.2) is 23.0 Å². The molecule has 4 aromatic carbocycles.